The van der Waals surface area contributed by atoms with Crippen LogP contribution in [-0.2, 0) is 4.79 Å². The number of rotatable bonds is 6. The van der Waals surface area contributed by atoms with Crippen LogP contribution in [-0.4, -0.2) is 45.4 Å². The van der Waals surface area contributed by atoms with E-state index < -0.39 is 0 Å². The average Bonchev–Trinajstić information content (AvgIpc) is 3.24. The minimum atomic E-state index is -0.0424. The lowest BCUT2D eigenvalue weighted by atomic mass is 10.0. The van der Waals surface area contributed by atoms with Crippen molar-refractivity contribution in [3.05, 3.63) is 78.4 Å². The van der Waals surface area contributed by atoms with Gasteiger partial charge in [0.1, 0.15) is 11.3 Å². The number of aryl methyl sites for hydroxylation is 1. The number of nitrogens with zero attached hydrogens (tertiary/aromatic N) is 4. The van der Waals surface area contributed by atoms with E-state index in [9.17, 15) is 4.79 Å². The molecule has 1 fully saturated rings. The standard InChI is InChI=1S/C26H27N5O2/c1-19-11-12-24-23(17-19)28-29-31(24)20-13-15-30(16-14-20)18-26(32)27-22-9-5-6-10-25(22)33-21-7-3-2-4-8-21/h2-12,17,20H,13-16,18H2,1H3,(H,27,32). The Balaban J connectivity index is 1.18. The predicted octanol–water partition coefficient (Wildman–Crippen LogP) is 4.81. The number of carbonyl (C=O) groups excluding carboxylic acids is 1. The third-order valence-electron chi connectivity index (χ3n) is 6.03. The van der Waals surface area contributed by atoms with E-state index in [1.54, 1.807) is 0 Å². The first-order valence-electron chi connectivity index (χ1n) is 11.3. The molecule has 1 aliphatic rings. The summed E-state index contributed by atoms with van der Waals surface area (Å²) in [5.74, 6) is 1.32. The molecule has 33 heavy (non-hydrogen) atoms. The zero-order chi connectivity index (χ0) is 22.6. The van der Waals surface area contributed by atoms with E-state index in [0.717, 1.165) is 42.7 Å². The Hall–Kier alpha value is -3.71. The molecule has 0 spiro atoms. The van der Waals surface area contributed by atoms with Crippen LogP contribution in [0, 0.1) is 6.92 Å². The van der Waals surface area contributed by atoms with Crippen molar-refractivity contribution in [3.8, 4) is 11.5 Å². The number of ether oxygens (including phenoxy) is 1. The van der Waals surface area contributed by atoms with Crippen molar-refractivity contribution in [2.24, 2.45) is 0 Å². The molecule has 5 rings (SSSR count). The van der Waals surface area contributed by atoms with Gasteiger partial charge in [0, 0.05) is 13.1 Å². The molecule has 7 heteroatoms. The van der Waals surface area contributed by atoms with Gasteiger partial charge in [0.15, 0.2) is 5.75 Å². The molecule has 7 nitrogen and oxygen atoms in total. The molecule has 1 aliphatic heterocycles. The molecule has 1 amide bonds. The third-order valence-corrected chi connectivity index (χ3v) is 6.03. The van der Waals surface area contributed by atoms with Crippen LogP contribution in [0.3, 0.4) is 0 Å². The predicted molar refractivity (Wildman–Crippen MR) is 129 cm³/mol. The summed E-state index contributed by atoms with van der Waals surface area (Å²) < 4.78 is 8.00. The Morgan fingerprint density at radius 1 is 1.03 bits per heavy atom. The van der Waals surface area contributed by atoms with Gasteiger partial charge in [-0.05, 0) is 61.7 Å². The Labute approximate surface area is 193 Å². The van der Waals surface area contributed by atoms with E-state index >= 15 is 0 Å². The summed E-state index contributed by atoms with van der Waals surface area (Å²) in [5.41, 5.74) is 3.87. The molecule has 0 atom stereocenters. The molecule has 3 aromatic carbocycles. The highest BCUT2D eigenvalue weighted by molar-refractivity contribution is 5.93. The van der Waals surface area contributed by atoms with E-state index in [-0.39, 0.29) is 5.91 Å². The maximum atomic E-state index is 12.8. The van der Waals surface area contributed by atoms with Crippen molar-refractivity contribution in [3.63, 3.8) is 0 Å². The second-order valence-corrected chi connectivity index (χ2v) is 8.49. The fourth-order valence-corrected chi connectivity index (χ4v) is 4.31. The van der Waals surface area contributed by atoms with Crippen LogP contribution in [0.2, 0.25) is 0 Å². The van der Waals surface area contributed by atoms with Crippen molar-refractivity contribution >= 4 is 22.6 Å². The maximum Gasteiger partial charge on any atom is 0.238 e. The molecular formula is C26H27N5O2. The summed E-state index contributed by atoms with van der Waals surface area (Å²) >= 11 is 0. The van der Waals surface area contributed by atoms with Crippen LogP contribution >= 0.6 is 0 Å². The summed E-state index contributed by atoms with van der Waals surface area (Å²) in [6.07, 6.45) is 1.88. The van der Waals surface area contributed by atoms with E-state index in [1.807, 2.05) is 59.3 Å². The van der Waals surface area contributed by atoms with Gasteiger partial charge in [-0.2, -0.15) is 0 Å². The number of fused-ring (bicyclic) bond motifs is 1. The quantitative estimate of drug-likeness (QED) is 0.465. The first-order valence-corrected chi connectivity index (χ1v) is 11.3. The lowest BCUT2D eigenvalue weighted by Gasteiger charge is -2.31. The molecule has 1 N–H and O–H groups in total. The number of anilines is 1. The SMILES string of the molecule is Cc1ccc2c(c1)nnn2C1CCN(CC(=O)Nc2ccccc2Oc2ccccc2)CC1. The lowest BCUT2D eigenvalue weighted by Crippen LogP contribution is -2.39. The first kappa shape index (κ1) is 21.2. The normalized spacial score (nSPS) is 14.9. The van der Waals surface area contributed by atoms with E-state index in [1.165, 1.54) is 5.56 Å². The van der Waals surface area contributed by atoms with Crippen LogP contribution < -0.4 is 10.1 Å². The highest BCUT2D eigenvalue weighted by Crippen LogP contribution is 2.29. The molecule has 4 aromatic rings. The molecule has 2 heterocycles. The van der Waals surface area contributed by atoms with Gasteiger partial charge in [-0.1, -0.05) is 41.6 Å². The number of benzene rings is 3. The minimum absolute atomic E-state index is 0.0424. The Bertz CT molecular complexity index is 1250. The van der Waals surface area contributed by atoms with Crippen molar-refractivity contribution < 1.29 is 9.53 Å². The molecule has 0 radical (unpaired) electrons. The number of likely N-dealkylation sites (tertiary alicyclic amines) is 1. The topological polar surface area (TPSA) is 72.3 Å². The van der Waals surface area contributed by atoms with Crippen molar-refractivity contribution in [1.29, 1.82) is 0 Å². The van der Waals surface area contributed by atoms with Gasteiger partial charge in [-0.15, -0.1) is 5.10 Å². The van der Waals surface area contributed by atoms with Gasteiger partial charge in [-0.3, -0.25) is 9.69 Å². The van der Waals surface area contributed by atoms with Gasteiger partial charge >= 0.3 is 0 Å². The molecule has 0 aliphatic carbocycles. The van der Waals surface area contributed by atoms with E-state index in [4.69, 9.17) is 4.74 Å². The molecule has 168 valence electrons. The molecule has 0 bridgehead atoms. The largest absolute Gasteiger partial charge is 0.455 e. The molecule has 1 aromatic heterocycles. The number of hydrogen-bond acceptors (Lipinski definition) is 5. The molecule has 0 saturated carbocycles. The fraction of sp³-hybridized carbons (Fsp3) is 0.269. The monoisotopic (exact) mass is 441 g/mol. The second-order valence-electron chi connectivity index (χ2n) is 8.49. The van der Waals surface area contributed by atoms with Gasteiger partial charge < -0.3 is 10.1 Å². The molecular weight excluding hydrogens is 414 g/mol. The van der Waals surface area contributed by atoms with Crippen LogP contribution in [0.1, 0.15) is 24.4 Å². The van der Waals surface area contributed by atoms with Crippen LogP contribution in [0.15, 0.2) is 72.8 Å². The number of carbonyl (C=O) groups is 1. The van der Waals surface area contributed by atoms with Gasteiger partial charge in [0.2, 0.25) is 5.91 Å². The summed E-state index contributed by atoms with van der Waals surface area (Å²) in [7, 11) is 0. The second kappa shape index (κ2) is 9.42. The Morgan fingerprint density at radius 3 is 2.61 bits per heavy atom. The van der Waals surface area contributed by atoms with E-state index in [2.05, 4.69) is 45.7 Å². The van der Waals surface area contributed by atoms with Gasteiger partial charge in [0.25, 0.3) is 0 Å². The summed E-state index contributed by atoms with van der Waals surface area (Å²) in [5, 5.41) is 11.7. The lowest BCUT2D eigenvalue weighted by molar-refractivity contribution is -0.117. The van der Waals surface area contributed by atoms with Crippen molar-refractivity contribution in [2.45, 2.75) is 25.8 Å². The Morgan fingerprint density at radius 2 is 1.79 bits per heavy atom. The summed E-state index contributed by atoms with van der Waals surface area (Å²) in [4.78, 5) is 15.0. The fourth-order valence-electron chi connectivity index (χ4n) is 4.31. The number of nitrogens with one attached hydrogen (secondary N) is 1. The van der Waals surface area contributed by atoms with Crippen LogP contribution in [0.5, 0.6) is 11.5 Å². The first-order chi connectivity index (χ1) is 16.2. The highest BCUT2D eigenvalue weighted by atomic mass is 16.5. The number of hydrogen-bond donors (Lipinski definition) is 1. The molecule has 1 saturated heterocycles. The minimum Gasteiger partial charge on any atom is -0.455 e. The van der Waals surface area contributed by atoms with Crippen molar-refractivity contribution in [1.82, 2.24) is 19.9 Å². The number of para-hydroxylation sites is 3. The van der Waals surface area contributed by atoms with Gasteiger partial charge in [-0.25, -0.2) is 4.68 Å². The van der Waals surface area contributed by atoms with Crippen LogP contribution in [0.4, 0.5) is 5.69 Å². The number of aromatic nitrogens is 3. The highest BCUT2D eigenvalue weighted by Gasteiger charge is 2.24. The number of amides is 1. The summed E-state index contributed by atoms with van der Waals surface area (Å²) in [6.45, 7) is 4.10. The van der Waals surface area contributed by atoms with Crippen molar-refractivity contribution in [2.75, 3.05) is 25.0 Å². The van der Waals surface area contributed by atoms with E-state index in [0.29, 0.717) is 24.0 Å². The third kappa shape index (κ3) is 4.88. The average molecular weight is 442 g/mol. The maximum absolute atomic E-state index is 12.8. The zero-order valence-corrected chi connectivity index (χ0v) is 18.6. The van der Waals surface area contributed by atoms with Crippen LogP contribution in [0.25, 0.3) is 11.0 Å². The van der Waals surface area contributed by atoms with Gasteiger partial charge in [0.05, 0.1) is 23.8 Å². The smallest absolute Gasteiger partial charge is 0.238 e. The zero-order valence-electron chi connectivity index (χ0n) is 18.6. The summed E-state index contributed by atoms with van der Waals surface area (Å²) in [6, 6.07) is 23.6. The number of piperidine rings is 1. The molecule has 0 unspecified atom stereocenters. The Kier molecular flexibility index (Phi) is 6.04.